The van der Waals surface area contributed by atoms with E-state index in [9.17, 15) is 4.79 Å². The van der Waals surface area contributed by atoms with Crippen molar-refractivity contribution in [3.8, 4) is 0 Å². The highest BCUT2D eigenvalue weighted by Crippen LogP contribution is 2.31. The number of hydrogen-bond acceptors (Lipinski definition) is 5. The fourth-order valence-electron chi connectivity index (χ4n) is 2.23. The largest absolute Gasteiger partial charge is 0.289 e. The van der Waals surface area contributed by atoms with Crippen LogP contribution in [0.15, 0.2) is 101 Å². The lowest BCUT2D eigenvalue weighted by Crippen LogP contribution is -2.02. The number of carbonyl (C=O) groups excluding carboxylic acids is 1. The molecule has 6 heteroatoms. The zero-order chi connectivity index (χ0) is 18.0. The van der Waals surface area contributed by atoms with E-state index in [1.165, 1.54) is 6.33 Å². The predicted molar refractivity (Wildman–Crippen MR) is 101 cm³/mol. The minimum Gasteiger partial charge on any atom is -0.289 e. The van der Waals surface area contributed by atoms with E-state index in [1.807, 2.05) is 72.8 Å². The van der Waals surface area contributed by atoms with Crippen molar-refractivity contribution in [2.24, 2.45) is 0 Å². The molecule has 0 bridgehead atoms. The first-order valence-electron chi connectivity index (χ1n) is 7.93. The van der Waals surface area contributed by atoms with Crippen molar-refractivity contribution >= 4 is 17.5 Å². The van der Waals surface area contributed by atoms with Crippen molar-refractivity contribution in [3.05, 3.63) is 102 Å². The van der Waals surface area contributed by atoms with Crippen molar-refractivity contribution in [1.82, 2.24) is 20.6 Å². The van der Waals surface area contributed by atoms with Crippen molar-refractivity contribution < 1.29 is 4.79 Å². The molecule has 0 saturated heterocycles. The summed E-state index contributed by atoms with van der Waals surface area (Å²) in [6.07, 6.45) is 1.40. The second-order valence-corrected chi connectivity index (χ2v) is 6.28. The van der Waals surface area contributed by atoms with Crippen LogP contribution in [0.5, 0.6) is 0 Å². The highest BCUT2D eigenvalue weighted by Gasteiger charge is 2.13. The molecule has 0 atom stereocenters. The van der Waals surface area contributed by atoms with Crippen LogP contribution in [0.3, 0.4) is 0 Å². The maximum atomic E-state index is 12.6. The van der Waals surface area contributed by atoms with E-state index in [0.29, 0.717) is 0 Å². The van der Waals surface area contributed by atoms with Crippen molar-refractivity contribution in [1.29, 1.82) is 0 Å². The van der Waals surface area contributed by atoms with E-state index in [-0.39, 0.29) is 5.78 Å². The first-order valence-corrected chi connectivity index (χ1v) is 8.75. The molecule has 1 aromatic heterocycles. The van der Waals surface area contributed by atoms with E-state index in [2.05, 4.69) is 32.8 Å². The number of carbonyl (C=O) groups is 1. The summed E-state index contributed by atoms with van der Waals surface area (Å²) >= 11 is 1.62. The van der Waals surface area contributed by atoms with Gasteiger partial charge in [0.05, 0.1) is 0 Å². The molecule has 4 aromatic rings. The van der Waals surface area contributed by atoms with Gasteiger partial charge in [0.25, 0.3) is 0 Å². The van der Waals surface area contributed by atoms with Crippen molar-refractivity contribution in [3.63, 3.8) is 0 Å². The van der Waals surface area contributed by atoms with Gasteiger partial charge in [0.15, 0.2) is 5.78 Å². The third-order valence-corrected chi connectivity index (χ3v) is 4.49. The number of nitrogens with zero attached hydrogens (tertiary/aromatic N) is 3. The molecule has 1 N–H and O–H groups in total. The Bertz CT molecular complexity index is 911. The number of benzene rings is 3. The molecule has 26 heavy (non-hydrogen) atoms. The van der Waals surface area contributed by atoms with E-state index in [1.54, 1.807) is 11.8 Å². The molecular weight excluding hydrogens is 344 g/mol. The van der Waals surface area contributed by atoms with Crippen LogP contribution in [0.4, 0.5) is 0 Å². The molecule has 128 valence electrons. The Labute approximate surface area is 155 Å². The number of H-pyrrole nitrogens is 1. The Hall–Kier alpha value is -3.25. The minimum atomic E-state index is 0.0645. The lowest BCUT2D eigenvalue weighted by atomic mass is 10.0. The minimum absolute atomic E-state index is 0.0645. The van der Waals surface area contributed by atoms with Gasteiger partial charge in [0.1, 0.15) is 6.33 Å². The number of hydrogen-bond donors (Lipinski definition) is 1. The number of rotatable bonds is 4. The molecule has 0 spiro atoms. The smallest absolute Gasteiger partial charge is 0.194 e. The first kappa shape index (κ1) is 17.6. The van der Waals surface area contributed by atoms with Gasteiger partial charge in [-0.15, -0.1) is 5.10 Å². The van der Waals surface area contributed by atoms with Gasteiger partial charge < -0.3 is 0 Å². The molecule has 0 fully saturated rings. The molecule has 3 aromatic carbocycles. The number of tetrazole rings is 1. The normalized spacial score (nSPS) is 9.85. The van der Waals surface area contributed by atoms with Gasteiger partial charge in [-0.1, -0.05) is 72.4 Å². The van der Waals surface area contributed by atoms with E-state index in [4.69, 9.17) is 0 Å². The summed E-state index contributed by atoms with van der Waals surface area (Å²) in [5, 5.41) is 12.1. The van der Waals surface area contributed by atoms with E-state index in [0.717, 1.165) is 20.9 Å². The lowest BCUT2D eigenvalue weighted by molar-refractivity contribution is 0.103. The van der Waals surface area contributed by atoms with Crippen LogP contribution >= 0.6 is 11.8 Å². The highest BCUT2D eigenvalue weighted by molar-refractivity contribution is 7.99. The second kappa shape index (κ2) is 9.29. The first-order chi connectivity index (χ1) is 12.8. The number of aromatic nitrogens is 4. The van der Waals surface area contributed by atoms with Gasteiger partial charge in [0.2, 0.25) is 0 Å². The average molecular weight is 360 g/mol. The number of nitrogens with one attached hydrogen (secondary N) is 1. The average Bonchev–Trinajstić information content (AvgIpc) is 3.30. The quantitative estimate of drug-likeness (QED) is 0.550. The molecule has 0 aliphatic carbocycles. The zero-order valence-electron chi connectivity index (χ0n) is 13.8. The van der Waals surface area contributed by atoms with Gasteiger partial charge in [0, 0.05) is 20.9 Å². The van der Waals surface area contributed by atoms with Gasteiger partial charge in [-0.2, -0.15) is 0 Å². The molecule has 4 rings (SSSR count). The Balaban J connectivity index is 0.000000339. The Morgan fingerprint density at radius 1 is 0.808 bits per heavy atom. The van der Waals surface area contributed by atoms with E-state index < -0.39 is 0 Å². The number of aromatic amines is 1. The third-order valence-electron chi connectivity index (χ3n) is 3.41. The fourth-order valence-corrected chi connectivity index (χ4v) is 3.20. The summed E-state index contributed by atoms with van der Waals surface area (Å²) in [6.45, 7) is 0. The topological polar surface area (TPSA) is 71.5 Å². The standard InChI is InChI=1S/C19H14OS.CH2N4/c20-19(15-9-3-1-4-10-15)17-13-7-8-14-18(17)21-16-11-5-2-6-12-16;1-2-4-5-3-1/h1-14H;1H,(H,2,3,4,5). The fraction of sp³-hybridized carbons (Fsp3) is 0. The molecule has 0 amide bonds. The summed E-state index contributed by atoms with van der Waals surface area (Å²) in [5.74, 6) is 0.0645. The van der Waals surface area contributed by atoms with Crippen molar-refractivity contribution in [2.45, 2.75) is 9.79 Å². The highest BCUT2D eigenvalue weighted by atomic mass is 32.2. The van der Waals surface area contributed by atoms with Crippen LogP contribution < -0.4 is 0 Å². The van der Waals surface area contributed by atoms with Crippen LogP contribution in [0, 0.1) is 0 Å². The van der Waals surface area contributed by atoms with Gasteiger partial charge in [-0.3, -0.25) is 4.79 Å². The van der Waals surface area contributed by atoms with Crippen LogP contribution in [-0.2, 0) is 0 Å². The maximum absolute atomic E-state index is 12.6. The summed E-state index contributed by atoms with van der Waals surface area (Å²) in [4.78, 5) is 14.8. The van der Waals surface area contributed by atoms with E-state index >= 15 is 0 Å². The predicted octanol–water partition coefficient (Wildman–Crippen LogP) is 4.27. The molecule has 0 unspecified atom stereocenters. The molecular formula is C20H16N4OS. The van der Waals surface area contributed by atoms with Crippen molar-refractivity contribution in [2.75, 3.05) is 0 Å². The molecule has 0 aliphatic heterocycles. The van der Waals surface area contributed by atoms with Crippen LogP contribution in [0.1, 0.15) is 15.9 Å². The van der Waals surface area contributed by atoms with Crippen LogP contribution in [0.25, 0.3) is 0 Å². The summed E-state index contributed by atoms with van der Waals surface area (Å²) in [7, 11) is 0. The zero-order valence-corrected chi connectivity index (χ0v) is 14.6. The molecule has 1 heterocycles. The Morgan fingerprint density at radius 3 is 2.08 bits per heavy atom. The third kappa shape index (κ3) is 4.87. The molecule has 0 saturated carbocycles. The van der Waals surface area contributed by atoms with Gasteiger partial charge >= 0.3 is 0 Å². The van der Waals surface area contributed by atoms with Gasteiger partial charge in [-0.25, -0.2) is 5.10 Å². The molecule has 0 aliphatic rings. The summed E-state index contributed by atoms with van der Waals surface area (Å²) in [5.41, 5.74) is 1.47. The maximum Gasteiger partial charge on any atom is 0.194 e. The van der Waals surface area contributed by atoms with Crippen LogP contribution in [-0.4, -0.2) is 26.4 Å². The molecule has 0 radical (unpaired) electrons. The summed E-state index contributed by atoms with van der Waals surface area (Å²) < 4.78 is 0. The summed E-state index contributed by atoms with van der Waals surface area (Å²) in [6, 6.07) is 27.3. The second-order valence-electron chi connectivity index (χ2n) is 5.17. The monoisotopic (exact) mass is 360 g/mol. The SMILES string of the molecule is O=C(c1ccccc1)c1ccccc1Sc1ccccc1.c1nnn[nH]1. The van der Waals surface area contributed by atoms with Gasteiger partial charge in [-0.05, 0) is 34.7 Å². The lowest BCUT2D eigenvalue weighted by Gasteiger charge is -2.08. The molecule has 5 nitrogen and oxygen atoms in total. The Kier molecular flexibility index (Phi) is 6.28. The Morgan fingerprint density at radius 2 is 1.46 bits per heavy atom. The van der Waals surface area contributed by atoms with Crippen LogP contribution in [0.2, 0.25) is 0 Å². The number of ketones is 1.